The van der Waals surface area contributed by atoms with Crippen molar-refractivity contribution in [1.29, 1.82) is 0 Å². The molecule has 21 heavy (non-hydrogen) atoms. The molecule has 0 amide bonds. The molecule has 0 fully saturated rings. The van der Waals surface area contributed by atoms with E-state index in [1.165, 1.54) is 12.1 Å². The van der Waals surface area contributed by atoms with Gasteiger partial charge in [-0.1, -0.05) is 5.57 Å². The Morgan fingerprint density at radius 2 is 2.05 bits per heavy atom. The maximum absolute atomic E-state index is 12.8. The number of halogens is 4. The van der Waals surface area contributed by atoms with Crippen molar-refractivity contribution in [1.82, 2.24) is 0 Å². The van der Waals surface area contributed by atoms with Crippen molar-refractivity contribution >= 4 is 5.71 Å². The molecule has 0 spiro atoms. The smallest absolute Gasteiger partial charge is 0.449 e. The fourth-order valence-electron chi connectivity index (χ4n) is 1.71. The fraction of sp³-hybridized carbons (Fsp3) is 0.357. The molecule has 2 nitrogen and oxygen atoms in total. The van der Waals surface area contributed by atoms with Crippen LogP contribution >= 0.6 is 0 Å². The number of rotatable bonds is 4. The van der Waals surface area contributed by atoms with Crippen molar-refractivity contribution < 1.29 is 42.4 Å². The summed E-state index contributed by atoms with van der Waals surface area (Å²) in [5.41, 5.74) is 2.25. The van der Waals surface area contributed by atoms with Gasteiger partial charge in [0.15, 0.2) is 0 Å². The Kier molecular flexibility index (Phi) is 6.10. The molecule has 0 saturated heterocycles. The third-order valence-corrected chi connectivity index (χ3v) is 2.79. The molecule has 117 valence electrons. The van der Waals surface area contributed by atoms with Gasteiger partial charge in [-0.25, -0.2) is 0 Å². The van der Waals surface area contributed by atoms with Gasteiger partial charge in [-0.05, 0) is 25.5 Å². The number of ether oxygens (including phenoxy) is 1. The minimum Gasteiger partial charge on any atom is -0.449 e. The Hall–Kier alpha value is -1.20. The second kappa shape index (κ2) is 7.18. The standard InChI is InChI=1S/C14H12F4NO.Ir/c1-9-5-6-12(19-8-9)10-3-2-4-11(7-10)20-14(17,18)13(15)16;/h2,4,7-8,13H,5-6H2,1H3;/q-1;. The van der Waals surface area contributed by atoms with E-state index < -0.39 is 12.5 Å². The Bertz CT molecular complexity index is 558. The van der Waals surface area contributed by atoms with Gasteiger partial charge in [0, 0.05) is 32.1 Å². The van der Waals surface area contributed by atoms with Crippen molar-refractivity contribution in [3.8, 4) is 5.75 Å². The predicted molar refractivity (Wildman–Crippen MR) is 66.4 cm³/mol. The number of alkyl halides is 4. The number of allylic oxidation sites excluding steroid dienone is 1. The van der Waals surface area contributed by atoms with E-state index in [1.54, 1.807) is 6.20 Å². The average molecular weight is 478 g/mol. The SMILES string of the molecule is CC1=CN=C(c2[c-]ccc(OC(F)(F)C(F)F)c2)CC1.[Ir]. The minimum absolute atomic E-state index is 0. The van der Waals surface area contributed by atoms with Gasteiger partial charge in [-0.3, -0.25) is 0 Å². The molecule has 1 radical (unpaired) electrons. The van der Waals surface area contributed by atoms with Crippen molar-refractivity contribution in [2.24, 2.45) is 4.99 Å². The summed E-state index contributed by atoms with van der Waals surface area (Å²) in [6, 6.07) is 6.58. The van der Waals surface area contributed by atoms with Crippen LogP contribution in [0.1, 0.15) is 25.3 Å². The summed E-state index contributed by atoms with van der Waals surface area (Å²) in [4.78, 5) is 4.19. The van der Waals surface area contributed by atoms with E-state index >= 15 is 0 Å². The van der Waals surface area contributed by atoms with Gasteiger partial charge in [-0.15, -0.1) is 29.8 Å². The van der Waals surface area contributed by atoms with E-state index in [4.69, 9.17) is 0 Å². The topological polar surface area (TPSA) is 21.6 Å². The molecule has 1 aliphatic heterocycles. The largest absolute Gasteiger partial charge is 0.459 e. The second-order valence-corrected chi connectivity index (χ2v) is 4.45. The maximum atomic E-state index is 12.8. The Morgan fingerprint density at radius 1 is 1.33 bits per heavy atom. The van der Waals surface area contributed by atoms with Crippen molar-refractivity contribution in [2.75, 3.05) is 0 Å². The molecule has 0 saturated carbocycles. The van der Waals surface area contributed by atoms with Gasteiger partial charge in [0.2, 0.25) is 0 Å². The zero-order chi connectivity index (χ0) is 14.8. The summed E-state index contributed by atoms with van der Waals surface area (Å²) >= 11 is 0. The van der Waals surface area contributed by atoms with Crippen molar-refractivity contribution in [3.63, 3.8) is 0 Å². The summed E-state index contributed by atoms with van der Waals surface area (Å²) in [7, 11) is 0. The van der Waals surface area contributed by atoms with Crippen LogP contribution in [0.2, 0.25) is 0 Å². The molecule has 0 aliphatic carbocycles. The molecule has 0 unspecified atom stereocenters. The minimum atomic E-state index is -4.51. The summed E-state index contributed by atoms with van der Waals surface area (Å²) < 4.78 is 53.9. The van der Waals surface area contributed by atoms with Crippen LogP contribution in [0.15, 0.2) is 35.0 Å². The van der Waals surface area contributed by atoms with Crippen LogP contribution in [0.3, 0.4) is 0 Å². The fourth-order valence-corrected chi connectivity index (χ4v) is 1.71. The van der Waals surface area contributed by atoms with Crippen LogP contribution < -0.4 is 4.74 Å². The summed E-state index contributed by atoms with van der Waals surface area (Å²) in [5, 5.41) is 0. The van der Waals surface area contributed by atoms with Gasteiger partial charge in [-0.2, -0.15) is 17.6 Å². The molecule has 0 bridgehead atoms. The van der Waals surface area contributed by atoms with Crippen molar-refractivity contribution in [3.05, 3.63) is 41.6 Å². The normalized spacial score (nSPS) is 15.1. The monoisotopic (exact) mass is 479 g/mol. The van der Waals surface area contributed by atoms with E-state index in [9.17, 15) is 17.6 Å². The third kappa shape index (κ3) is 4.64. The average Bonchev–Trinajstić information content (AvgIpc) is 2.39. The van der Waals surface area contributed by atoms with E-state index in [1.807, 2.05) is 6.92 Å². The molecule has 1 aromatic carbocycles. The molecule has 2 rings (SSSR count). The zero-order valence-electron chi connectivity index (χ0n) is 11.0. The van der Waals surface area contributed by atoms with Crippen LogP contribution in [0, 0.1) is 6.07 Å². The summed E-state index contributed by atoms with van der Waals surface area (Å²) in [6.45, 7) is 1.94. The van der Waals surface area contributed by atoms with E-state index in [-0.39, 0.29) is 25.9 Å². The molecular weight excluding hydrogens is 466 g/mol. The van der Waals surface area contributed by atoms with Crippen LogP contribution in [0.4, 0.5) is 17.6 Å². The Labute approximate surface area is 133 Å². The Balaban J connectivity index is 0.00000220. The van der Waals surface area contributed by atoms with Crippen LogP contribution in [-0.4, -0.2) is 18.2 Å². The molecule has 1 aromatic rings. The first-order chi connectivity index (χ1) is 9.38. The first kappa shape index (κ1) is 17.8. The number of hydrogen-bond donors (Lipinski definition) is 0. The first-order valence-corrected chi connectivity index (χ1v) is 5.98. The van der Waals surface area contributed by atoms with Crippen LogP contribution in [0.5, 0.6) is 5.75 Å². The summed E-state index contributed by atoms with van der Waals surface area (Å²) in [5.74, 6) is -0.335. The first-order valence-electron chi connectivity index (χ1n) is 5.98. The molecule has 0 aromatic heterocycles. The number of aliphatic imine (C=N–C) groups is 1. The third-order valence-electron chi connectivity index (χ3n) is 2.79. The van der Waals surface area contributed by atoms with Gasteiger partial charge in [0.05, 0.1) is 0 Å². The molecule has 1 aliphatic rings. The predicted octanol–water partition coefficient (Wildman–Crippen LogP) is 4.21. The van der Waals surface area contributed by atoms with Gasteiger partial charge in [0.25, 0.3) is 0 Å². The van der Waals surface area contributed by atoms with Crippen LogP contribution in [-0.2, 0) is 20.1 Å². The second-order valence-electron chi connectivity index (χ2n) is 4.45. The number of nitrogens with zero attached hydrogens (tertiary/aromatic N) is 1. The number of hydrogen-bond acceptors (Lipinski definition) is 2. The summed E-state index contributed by atoms with van der Waals surface area (Å²) in [6.07, 6.45) is -5.25. The maximum Gasteiger partial charge on any atom is 0.459 e. The van der Waals surface area contributed by atoms with Gasteiger partial charge in [0.1, 0.15) is 0 Å². The zero-order valence-corrected chi connectivity index (χ0v) is 13.4. The van der Waals surface area contributed by atoms with E-state index in [2.05, 4.69) is 15.8 Å². The van der Waals surface area contributed by atoms with Crippen molar-refractivity contribution in [2.45, 2.75) is 32.3 Å². The van der Waals surface area contributed by atoms with Crippen LogP contribution in [0.25, 0.3) is 0 Å². The quantitative estimate of drug-likeness (QED) is 0.470. The van der Waals surface area contributed by atoms with Gasteiger partial charge >= 0.3 is 12.5 Å². The number of benzene rings is 1. The Morgan fingerprint density at radius 3 is 2.62 bits per heavy atom. The van der Waals surface area contributed by atoms with Gasteiger partial charge < -0.3 is 9.73 Å². The molecule has 0 N–H and O–H groups in total. The molecular formula is C14H12F4IrNO-. The molecule has 1 heterocycles. The molecule has 7 heteroatoms. The van der Waals surface area contributed by atoms with E-state index in [0.717, 1.165) is 18.1 Å². The van der Waals surface area contributed by atoms with E-state index in [0.29, 0.717) is 17.7 Å². The molecule has 0 atom stereocenters.